The fourth-order valence-electron chi connectivity index (χ4n) is 3.72. The van der Waals surface area contributed by atoms with Gasteiger partial charge in [-0.25, -0.2) is 4.79 Å². The van der Waals surface area contributed by atoms with Crippen molar-refractivity contribution in [1.82, 2.24) is 14.8 Å². The second kappa shape index (κ2) is 10.1. The number of rotatable bonds is 10. The molecule has 0 saturated carbocycles. The van der Waals surface area contributed by atoms with Crippen LogP contribution in [0.25, 0.3) is 11.1 Å². The fourth-order valence-corrected chi connectivity index (χ4v) is 3.72. The van der Waals surface area contributed by atoms with Crippen molar-refractivity contribution in [2.75, 3.05) is 19.6 Å². The minimum absolute atomic E-state index is 0.000985. The maximum atomic E-state index is 12.4. The number of carbonyl (C=O) groups is 1. The molecule has 1 atom stereocenters. The Morgan fingerprint density at radius 2 is 1.76 bits per heavy atom. The summed E-state index contributed by atoms with van der Waals surface area (Å²) in [6, 6.07) is 17.8. The van der Waals surface area contributed by atoms with Gasteiger partial charge in [-0.1, -0.05) is 56.3 Å². The molecule has 1 N–H and O–H groups in total. The summed E-state index contributed by atoms with van der Waals surface area (Å²) in [6.07, 6.45) is 0.947. The number of hydrogen-bond acceptors (Lipinski definition) is 4. The highest BCUT2D eigenvalue weighted by molar-refractivity contribution is 5.76. The van der Waals surface area contributed by atoms with Crippen LogP contribution in [0.5, 0.6) is 0 Å². The van der Waals surface area contributed by atoms with Gasteiger partial charge in [0.25, 0.3) is 0 Å². The van der Waals surface area contributed by atoms with Gasteiger partial charge in [-0.15, -0.1) is 0 Å². The predicted molar refractivity (Wildman–Crippen MR) is 115 cm³/mol. The average Bonchev–Trinajstić information content (AvgIpc) is 3.07. The Labute approximate surface area is 171 Å². The molecule has 0 aliphatic rings. The number of carbonyl (C=O) groups excluding carboxylic acids is 1. The molecule has 1 amide bonds. The molecule has 154 valence electrons. The van der Waals surface area contributed by atoms with Gasteiger partial charge in [-0.2, -0.15) is 0 Å². The topological polar surface area (TPSA) is 67.5 Å². The third kappa shape index (κ3) is 5.15. The van der Waals surface area contributed by atoms with Crippen molar-refractivity contribution < 1.29 is 9.21 Å². The molecule has 6 heteroatoms. The van der Waals surface area contributed by atoms with E-state index < -0.39 is 0 Å². The maximum Gasteiger partial charge on any atom is 0.419 e. The molecule has 0 aliphatic heterocycles. The lowest BCUT2D eigenvalue weighted by atomic mass is 10.0. The van der Waals surface area contributed by atoms with Gasteiger partial charge in [0.1, 0.15) is 0 Å². The minimum atomic E-state index is -0.378. The van der Waals surface area contributed by atoms with E-state index in [-0.39, 0.29) is 17.7 Å². The Bertz CT molecular complexity index is 974. The van der Waals surface area contributed by atoms with Crippen LogP contribution in [-0.2, 0) is 11.3 Å². The van der Waals surface area contributed by atoms with E-state index in [0.717, 1.165) is 18.6 Å². The Balaban J connectivity index is 1.55. The van der Waals surface area contributed by atoms with Gasteiger partial charge in [0.2, 0.25) is 5.91 Å². The first-order valence-electron chi connectivity index (χ1n) is 10.3. The van der Waals surface area contributed by atoms with E-state index in [4.69, 9.17) is 4.42 Å². The first-order chi connectivity index (χ1) is 14.1. The second-order valence-corrected chi connectivity index (χ2v) is 7.04. The van der Waals surface area contributed by atoms with Crippen LogP contribution < -0.4 is 11.1 Å². The van der Waals surface area contributed by atoms with E-state index in [1.54, 1.807) is 10.6 Å². The van der Waals surface area contributed by atoms with E-state index in [2.05, 4.69) is 36.2 Å². The number of benzene rings is 2. The first-order valence-corrected chi connectivity index (χ1v) is 10.3. The quantitative estimate of drug-likeness (QED) is 0.570. The summed E-state index contributed by atoms with van der Waals surface area (Å²) in [6.45, 7) is 7.13. The Kier molecular flexibility index (Phi) is 7.25. The van der Waals surface area contributed by atoms with Gasteiger partial charge >= 0.3 is 5.76 Å². The standard InChI is InChI=1S/C23H29N3O3/c1-3-25(4-2)20(18-11-6-5-7-12-18)17-24-22(27)15-10-16-26-19-13-8-9-14-21(19)29-23(26)28/h5-9,11-14,20H,3-4,10,15-17H2,1-2H3,(H,24,27). The number of aromatic nitrogens is 1. The monoisotopic (exact) mass is 395 g/mol. The zero-order valence-electron chi connectivity index (χ0n) is 17.1. The molecule has 0 spiro atoms. The molecule has 1 heterocycles. The highest BCUT2D eigenvalue weighted by atomic mass is 16.4. The number of aryl methyl sites for hydroxylation is 1. The summed E-state index contributed by atoms with van der Waals surface area (Å²) in [4.78, 5) is 26.8. The smallest absolute Gasteiger partial charge is 0.408 e. The van der Waals surface area contributed by atoms with Crippen LogP contribution in [0, 0.1) is 0 Å². The molecule has 0 fully saturated rings. The van der Waals surface area contributed by atoms with Crippen molar-refractivity contribution >= 4 is 17.0 Å². The molecule has 1 aromatic heterocycles. The number of oxazole rings is 1. The second-order valence-electron chi connectivity index (χ2n) is 7.04. The Hall–Kier alpha value is -2.86. The lowest BCUT2D eigenvalue weighted by Gasteiger charge is -2.30. The number of hydrogen-bond donors (Lipinski definition) is 1. The van der Waals surface area contributed by atoms with E-state index in [0.29, 0.717) is 31.5 Å². The van der Waals surface area contributed by atoms with Gasteiger partial charge in [-0.3, -0.25) is 14.3 Å². The van der Waals surface area contributed by atoms with Crippen molar-refractivity contribution in [1.29, 1.82) is 0 Å². The summed E-state index contributed by atoms with van der Waals surface area (Å²) >= 11 is 0. The van der Waals surface area contributed by atoms with Crippen molar-refractivity contribution in [3.8, 4) is 0 Å². The Morgan fingerprint density at radius 3 is 2.48 bits per heavy atom. The van der Waals surface area contributed by atoms with Gasteiger partial charge < -0.3 is 9.73 Å². The van der Waals surface area contributed by atoms with Crippen LogP contribution >= 0.6 is 0 Å². The number of fused-ring (bicyclic) bond motifs is 1. The van der Waals surface area contributed by atoms with Crippen molar-refractivity contribution in [2.45, 2.75) is 39.3 Å². The molecule has 0 bridgehead atoms. The van der Waals surface area contributed by atoms with E-state index in [1.165, 1.54) is 5.56 Å². The molecule has 0 saturated heterocycles. The van der Waals surface area contributed by atoms with Crippen LogP contribution in [0.2, 0.25) is 0 Å². The third-order valence-corrected chi connectivity index (χ3v) is 5.29. The van der Waals surface area contributed by atoms with Crippen molar-refractivity contribution in [3.05, 3.63) is 70.7 Å². The van der Waals surface area contributed by atoms with E-state index in [1.807, 2.05) is 36.4 Å². The largest absolute Gasteiger partial charge is 0.419 e. The van der Waals surface area contributed by atoms with Crippen LogP contribution in [0.4, 0.5) is 0 Å². The molecule has 1 unspecified atom stereocenters. The highest BCUT2D eigenvalue weighted by Gasteiger charge is 2.18. The molecule has 29 heavy (non-hydrogen) atoms. The van der Waals surface area contributed by atoms with E-state index >= 15 is 0 Å². The normalized spacial score (nSPS) is 12.4. The zero-order chi connectivity index (χ0) is 20.6. The van der Waals surface area contributed by atoms with Gasteiger partial charge in [0, 0.05) is 19.5 Å². The predicted octanol–water partition coefficient (Wildman–Crippen LogP) is 3.57. The van der Waals surface area contributed by atoms with Crippen LogP contribution in [0.15, 0.2) is 63.8 Å². The van der Waals surface area contributed by atoms with Gasteiger partial charge in [-0.05, 0) is 37.2 Å². The third-order valence-electron chi connectivity index (χ3n) is 5.29. The number of nitrogens with one attached hydrogen (secondary N) is 1. The number of likely N-dealkylation sites (N-methyl/N-ethyl adjacent to an activating group) is 1. The molecular weight excluding hydrogens is 366 g/mol. The lowest BCUT2D eigenvalue weighted by Crippen LogP contribution is -2.38. The van der Waals surface area contributed by atoms with Gasteiger partial charge in [0.05, 0.1) is 11.6 Å². The molecular formula is C23H29N3O3. The number of nitrogens with zero attached hydrogens (tertiary/aromatic N) is 2. The van der Waals surface area contributed by atoms with Crippen LogP contribution in [0.1, 0.15) is 38.3 Å². The summed E-state index contributed by atoms with van der Waals surface area (Å²) in [5.74, 6) is -0.379. The lowest BCUT2D eigenvalue weighted by molar-refractivity contribution is -0.121. The first kappa shape index (κ1) is 20.9. The van der Waals surface area contributed by atoms with Crippen molar-refractivity contribution in [2.24, 2.45) is 0 Å². The summed E-state index contributed by atoms with van der Waals surface area (Å²) < 4.78 is 6.83. The van der Waals surface area contributed by atoms with E-state index in [9.17, 15) is 9.59 Å². The molecule has 2 aromatic carbocycles. The minimum Gasteiger partial charge on any atom is -0.408 e. The Morgan fingerprint density at radius 1 is 1.07 bits per heavy atom. The molecule has 3 rings (SSSR count). The van der Waals surface area contributed by atoms with Crippen LogP contribution in [-0.4, -0.2) is 35.0 Å². The summed E-state index contributed by atoms with van der Waals surface area (Å²) in [5.41, 5.74) is 2.54. The molecule has 0 aliphatic carbocycles. The van der Waals surface area contributed by atoms with Crippen LogP contribution in [0.3, 0.4) is 0 Å². The summed E-state index contributed by atoms with van der Waals surface area (Å²) in [7, 11) is 0. The van der Waals surface area contributed by atoms with Gasteiger partial charge in [0.15, 0.2) is 5.58 Å². The van der Waals surface area contributed by atoms with Crippen molar-refractivity contribution in [3.63, 3.8) is 0 Å². The molecule has 3 aromatic rings. The summed E-state index contributed by atoms with van der Waals surface area (Å²) in [5, 5.41) is 3.07. The zero-order valence-corrected chi connectivity index (χ0v) is 17.1. The molecule has 0 radical (unpaired) electrons. The number of para-hydroxylation sites is 2. The molecule has 6 nitrogen and oxygen atoms in total. The number of amides is 1. The average molecular weight is 396 g/mol. The highest BCUT2D eigenvalue weighted by Crippen LogP contribution is 2.19. The SMILES string of the molecule is CCN(CC)C(CNC(=O)CCCn1c(=O)oc2ccccc21)c1ccccc1. The maximum absolute atomic E-state index is 12.4. The fraction of sp³-hybridized carbons (Fsp3) is 0.391.